The van der Waals surface area contributed by atoms with Gasteiger partial charge in [-0.3, -0.25) is 20.2 Å². The highest BCUT2D eigenvalue weighted by Crippen LogP contribution is 2.29. The molecule has 0 aromatic heterocycles. The van der Waals surface area contributed by atoms with E-state index in [0.717, 1.165) is 0 Å². The molecule has 7 nitrogen and oxygen atoms in total. The van der Waals surface area contributed by atoms with Crippen LogP contribution in [-0.4, -0.2) is 9.85 Å². The number of non-ortho nitro benzene ring substituents is 1. The van der Waals surface area contributed by atoms with Crippen molar-refractivity contribution in [2.75, 3.05) is 0 Å². The summed E-state index contributed by atoms with van der Waals surface area (Å²) in [6.07, 6.45) is 0. The molecule has 21 heavy (non-hydrogen) atoms. The van der Waals surface area contributed by atoms with E-state index in [1.807, 2.05) is 0 Å². The number of nitrogens with zero attached hydrogens (tertiary/aromatic N) is 2. The highest BCUT2D eigenvalue weighted by molar-refractivity contribution is 9.10. The Bertz CT molecular complexity index is 705. The molecule has 0 heterocycles. The van der Waals surface area contributed by atoms with Crippen LogP contribution in [-0.2, 0) is 6.61 Å². The fourth-order valence-electron chi connectivity index (χ4n) is 1.65. The summed E-state index contributed by atoms with van der Waals surface area (Å²) in [5.41, 5.74) is 0.567. The van der Waals surface area contributed by atoms with Crippen molar-refractivity contribution in [1.29, 1.82) is 0 Å². The highest BCUT2D eigenvalue weighted by Gasteiger charge is 2.12. The summed E-state index contributed by atoms with van der Waals surface area (Å²) in [6, 6.07) is 10.4. The molecule has 0 bridgehead atoms. The molecule has 0 unspecified atom stereocenters. The lowest BCUT2D eigenvalue weighted by molar-refractivity contribution is -0.385. The molecule has 0 spiro atoms. The number of benzene rings is 2. The fraction of sp³-hybridized carbons (Fsp3) is 0.0769. The van der Waals surface area contributed by atoms with Crippen LogP contribution in [0.3, 0.4) is 0 Å². The van der Waals surface area contributed by atoms with Gasteiger partial charge in [-0.15, -0.1) is 0 Å². The van der Waals surface area contributed by atoms with Crippen LogP contribution in [0.15, 0.2) is 46.9 Å². The minimum Gasteiger partial charge on any atom is -0.489 e. The van der Waals surface area contributed by atoms with Gasteiger partial charge in [-0.2, -0.15) is 0 Å². The molecule has 2 aromatic rings. The van der Waals surface area contributed by atoms with Crippen LogP contribution >= 0.6 is 15.9 Å². The fourth-order valence-corrected chi connectivity index (χ4v) is 2.15. The van der Waals surface area contributed by atoms with Gasteiger partial charge in [0.2, 0.25) is 0 Å². The van der Waals surface area contributed by atoms with E-state index >= 15 is 0 Å². The van der Waals surface area contributed by atoms with E-state index in [2.05, 4.69) is 15.9 Å². The van der Waals surface area contributed by atoms with Gasteiger partial charge >= 0.3 is 0 Å². The van der Waals surface area contributed by atoms with Crippen LogP contribution in [0.5, 0.6) is 5.75 Å². The zero-order valence-electron chi connectivity index (χ0n) is 10.6. The van der Waals surface area contributed by atoms with E-state index in [1.54, 1.807) is 12.1 Å². The van der Waals surface area contributed by atoms with Crippen molar-refractivity contribution in [2.45, 2.75) is 6.61 Å². The summed E-state index contributed by atoms with van der Waals surface area (Å²) in [6.45, 7) is 0.131. The number of hydrogen-bond donors (Lipinski definition) is 0. The molecule has 2 rings (SSSR count). The molecule has 8 heteroatoms. The molecule has 0 aliphatic carbocycles. The molecule has 0 radical (unpaired) electrons. The van der Waals surface area contributed by atoms with Crippen molar-refractivity contribution < 1.29 is 14.6 Å². The van der Waals surface area contributed by atoms with Gasteiger partial charge in [0.15, 0.2) is 0 Å². The number of rotatable bonds is 5. The standard InChI is InChI=1S/C13H9BrN2O5/c14-12-7-11(4-5-13(12)16(19)20)21-8-9-2-1-3-10(6-9)15(17)18/h1-7H,8H2. The summed E-state index contributed by atoms with van der Waals surface area (Å²) in [7, 11) is 0. The first-order chi connectivity index (χ1) is 9.97. The van der Waals surface area contributed by atoms with Crippen LogP contribution < -0.4 is 4.74 Å². The molecule has 2 aromatic carbocycles. The van der Waals surface area contributed by atoms with E-state index in [-0.39, 0.29) is 18.0 Å². The minimum absolute atomic E-state index is 0.0130. The SMILES string of the molecule is O=[N+]([O-])c1cccc(COc2ccc([N+](=O)[O-])c(Br)c2)c1. The first-order valence-corrected chi connectivity index (χ1v) is 6.57. The second-order valence-corrected chi connectivity index (χ2v) is 4.94. The molecular weight excluding hydrogens is 344 g/mol. The molecule has 0 atom stereocenters. The lowest BCUT2D eigenvalue weighted by Crippen LogP contribution is -1.97. The minimum atomic E-state index is -0.506. The first-order valence-electron chi connectivity index (χ1n) is 5.77. The first kappa shape index (κ1) is 14.9. The molecule has 0 N–H and O–H groups in total. The van der Waals surface area contributed by atoms with Crippen molar-refractivity contribution in [3.8, 4) is 5.75 Å². The van der Waals surface area contributed by atoms with E-state index < -0.39 is 9.85 Å². The molecule has 0 amide bonds. The number of hydrogen-bond acceptors (Lipinski definition) is 5. The summed E-state index contributed by atoms with van der Waals surface area (Å²) >= 11 is 3.09. The largest absolute Gasteiger partial charge is 0.489 e. The van der Waals surface area contributed by atoms with Crippen molar-refractivity contribution in [3.63, 3.8) is 0 Å². The Morgan fingerprint density at radius 2 is 1.81 bits per heavy atom. The van der Waals surface area contributed by atoms with Crippen molar-refractivity contribution in [1.82, 2.24) is 0 Å². The molecule has 108 valence electrons. The van der Waals surface area contributed by atoms with Gasteiger partial charge in [0.05, 0.1) is 14.3 Å². The maximum absolute atomic E-state index is 10.7. The van der Waals surface area contributed by atoms with Crippen LogP contribution in [0.4, 0.5) is 11.4 Å². The van der Waals surface area contributed by atoms with E-state index in [1.165, 1.54) is 30.3 Å². The zero-order chi connectivity index (χ0) is 15.4. The Labute approximate surface area is 127 Å². The second-order valence-electron chi connectivity index (χ2n) is 4.09. The van der Waals surface area contributed by atoms with Gasteiger partial charge in [-0.05, 0) is 27.6 Å². The number of halogens is 1. The van der Waals surface area contributed by atoms with Crippen molar-refractivity contribution in [3.05, 3.63) is 72.7 Å². The summed E-state index contributed by atoms with van der Waals surface area (Å²) in [5, 5.41) is 21.4. The van der Waals surface area contributed by atoms with Gasteiger partial charge in [-0.1, -0.05) is 12.1 Å². The highest BCUT2D eigenvalue weighted by atomic mass is 79.9. The predicted molar refractivity (Wildman–Crippen MR) is 78.2 cm³/mol. The lowest BCUT2D eigenvalue weighted by atomic mass is 10.2. The van der Waals surface area contributed by atoms with Gasteiger partial charge in [0.1, 0.15) is 12.4 Å². The van der Waals surface area contributed by atoms with Crippen LogP contribution in [0.2, 0.25) is 0 Å². The monoisotopic (exact) mass is 352 g/mol. The quantitative estimate of drug-likeness (QED) is 0.601. The van der Waals surface area contributed by atoms with Crippen LogP contribution in [0.25, 0.3) is 0 Å². The van der Waals surface area contributed by atoms with E-state index in [4.69, 9.17) is 4.74 Å². The smallest absolute Gasteiger partial charge is 0.283 e. The molecule has 0 aliphatic rings. The number of nitro benzene ring substituents is 2. The molecule has 0 aliphatic heterocycles. The number of nitro groups is 2. The molecule has 0 saturated heterocycles. The Balaban J connectivity index is 2.10. The molecular formula is C13H9BrN2O5. The third kappa shape index (κ3) is 3.76. The van der Waals surface area contributed by atoms with Gasteiger partial charge in [-0.25, -0.2) is 0 Å². The summed E-state index contributed by atoms with van der Waals surface area (Å²) in [5.74, 6) is 0.430. The van der Waals surface area contributed by atoms with Crippen LogP contribution in [0.1, 0.15) is 5.56 Å². The Morgan fingerprint density at radius 1 is 1.05 bits per heavy atom. The predicted octanol–water partition coefficient (Wildman–Crippen LogP) is 3.84. The topological polar surface area (TPSA) is 95.5 Å². The maximum atomic E-state index is 10.7. The lowest BCUT2D eigenvalue weighted by Gasteiger charge is -2.06. The van der Waals surface area contributed by atoms with E-state index in [0.29, 0.717) is 15.8 Å². The Kier molecular flexibility index (Phi) is 4.49. The van der Waals surface area contributed by atoms with Crippen molar-refractivity contribution >= 4 is 27.3 Å². The zero-order valence-corrected chi connectivity index (χ0v) is 12.1. The van der Waals surface area contributed by atoms with Gasteiger partial charge < -0.3 is 4.74 Å². The van der Waals surface area contributed by atoms with Crippen molar-refractivity contribution in [2.24, 2.45) is 0 Å². The Hall–Kier alpha value is -2.48. The normalized spacial score (nSPS) is 10.1. The van der Waals surface area contributed by atoms with Gasteiger partial charge in [0.25, 0.3) is 11.4 Å². The third-order valence-corrected chi connectivity index (χ3v) is 3.28. The Morgan fingerprint density at radius 3 is 2.43 bits per heavy atom. The summed E-state index contributed by atoms with van der Waals surface area (Å²) < 4.78 is 5.78. The number of ether oxygens (including phenoxy) is 1. The van der Waals surface area contributed by atoms with Gasteiger partial charge in [0, 0.05) is 24.3 Å². The molecule has 0 fully saturated rings. The van der Waals surface area contributed by atoms with E-state index in [9.17, 15) is 20.2 Å². The van der Waals surface area contributed by atoms with Crippen LogP contribution in [0, 0.1) is 20.2 Å². The molecule has 0 saturated carbocycles. The third-order valence-electron chi connectivity index (χ3n) is 2.64. The average Bonchev–Trinajstić information content (AvgIpc) is 2.45. The second kappa shape index (κ2) is 6.31. The summed E-state index contributed by atoms with van der Waals surface area (Å²) in [4.78, 5) is 20.4. The average molecular weight is 353 g/mol. The maximum Gasteiger partial charge on any atom is 0.283 e.